The zero-order valence-electron chi connectivity index (χ0n) is 52.6. The van der Waals surface area contributed by atoms with E-state index in [-0.39, 0.29) is 0 Å². The molecule has 2 nitrogen and oxygen atoms in total. The van der Waals surface area contributed by atoms with E-state index in [0.29, 0.717) is 5.41 Å². The van der Waals surface area contributed by atoms with Crippen molar-refractivity contribution in [3.63, 3.8) is 0 Å². The Kier molecular flexibility index (Phi) is 79.9. The Bertz CT molecular complexity index is 677. The van der Waals surface area contributed by atoms with Crippen LogP contribution in [0.15, 0.2) is 0 Å². The van der Waals surface area contributed by atoms with Gasteiger partial charge >= 0.3 is 0 Å². The van der Waals surface area contributed by atoms with Gasteiger partial charge in [0.2, 0.25) is 0 Å². The van der Waals surface area contributed by atoms with Crippen LogP contribution in [0.1, 0.15) is 293 Å². The van der Waals surface area contributed by atoms with Crippen molar-refractivity contribution in [2.75, 3.05) is 26.9 Å². The molecular formula is C62H142O2. The van der Waals surface area contributed by atoms with Crippen LogP contribution in [0.2, 0.25) is 0 Å². The summed E-state index contributed by atoms with van der Waals surface area (Å²) < 4.78 is 9.99. The molecule has 2 fully saturated rings. The lowest BCUT2D eigenvalue weighted by molar-refractivity contribution is -0.111. The van der Waals surface area contributed by atoms with Gasteiger partial charge in [0.25, 0.3) is 0 Å². The third-order valence-corrected chi connectivity index (χ3v) is 8.98. The van der Waals surface area contributed by atoms with E-state index in [1.54, 1.807) is 7.11 Å². The second-order valence-corrected chi connectivity index (χ2v) is 25.6. The fourth-order valence-electron chi connectivity index (χ4n) is 4.45. The molecule has 0 aromatic rings. The molecule has 0 amide bonds. The molecule has 1 saturated carbocycles. The number of hydrogen-bond acceptors (Lipinski definition) is 2. The van der Waals surface area contributed by atoms with E-state index in [0.717, 1.165) is 103 Å². The first-order valence-corrected chi connectivity index (χ1v) is 28.0. The van der Waals surface area contributed by atoms with E-state index in [9.17, 15) is 0 Å². The lowest BCUT2D eigenvalue weighted by Gasteiger charge is -2.39. The highest BCUT2D eigenvalue weighted by Gasteiger charge is 2.33. The van der Waals surface area contributed by atoms with Gasteiger partial charge in [-0.05, 0) is 109 Å². The van der Waals surface area contributed by atoms with Gasteiger partial charge in [-0.2, -0.15) is 0 Å². The maximum absolute atomic E-state index is 5.14. The Balaban J connectivity index is -0.0000000750. The minimum Gasteiger partial charge on any atom is -0.385 e. The first kappa shape index (κ1) is 83.9. The summed E-state index contributed by atoms with van der Waals surface area (Å²) >= 11 is 0. The summed E-state index contributed by atoms with van der Waals surface area (Å²) in [4.78, 5) is 0. The molecule has 2 aliphatic rings. The number of hydrogen-bond donors (Lipinski definition) is 0. The van der Waals surface area contributed by atoms with E-state index in [4.69, 9.17) is 9.47 Å². The average molecular weight is 920 g/mol. The molecule has 0 aromatic heterocycles. The molecule has 1 heterocycles. The highest BCUT2D eigenvalue weighted by atomic mass is 16.5. The molecule has 1 aliphatic carbocycles. The molecule has 2 heteroatoms. The SMILES string of the molecule is CC(C)C.CC(C)C.CC(C)C.CC(C)C(C)C.CC(C)CC(C)C.CC(C)CC1(C)COC1.CC(C)CC1CC1.CCC(C)C.CCC(C)C.CCCC(C)C.COCCC(C)C. The Morgan fingerprint density at radius 1 is 0.438 bits per heavy atom. The van der Waals surface area contributed by atoms with Crippen LogP contribution < -0.4 is 0 Å². The lowest BCUT2D eigenvalue weighted by atomic mass is 9.80. The largest absolute Gasteiger partial charge is 0.385 e. The molecule has 1 aliphatic heterocycles. The fraction of sp³-hybridized carbons (Fsp3) is 1.00. The average Bonchev–Trinajstić information content (AvgIpc) is 3.90. The van der Waals surface area contributed by atoms with Crippen molar-refractivity contribution in [2.45, 2.75) is 293 Å². The lowest BCUT2D eigenvalue weighted by Crippen LogP contribution is -2.40. The normalized spacial score (nSPS) is 13.2. The first-order chi connectivity index (χ1) is 29.0. The Morgan fingerprint density at radius 2 is 0.734 bits per heavy atom. The molecule has 1 saturated heterocycles. The van der Waals surface area contributed by atoms with Crippen molar-refractivity contribution < 1.29 is 9.47 Å². The highest BCUT2D eigenvalue weighted by Crippen LogP contribution is 2.35. The topological polar surface area (TPSA) is 18.5 Å². The predicted octanol–water partition coefficient (Wildman–Crippen LogP) is 22.7. The van der Waals surface area contributed by atoms with Crippen LogP contribution >= 0.6 is 0 Å². The molecule has 0 aromatic carbocycles. The minimum atomic E-state index is 0.522. The zero-order chi connectivity index (χ0) is 53.2. The molecule has 0 bridgehead atoms. The van der Waals surface area contributed by atoms with E-state index in [1.165, 1.54) is 64.2 Å². The molecule has 2 rings (SSSR count). The van der Waals surface area contributed by atoms with Crippen molar-refractivity contribution in [3.8, 4) is 0 Å². The van der Waals surface area contributed by atoms with Gasteiger partial charge in [-0.25, -0.2) is 0 Å². The van der Waals surface area contributed by atoms with Gasteiger partial charge in [0, 0.05) is 19.1 Å². The quantitative estimate of drug-likeness (QED) is 0.173. The second kappa shape index (κ2) is 60.9. The summed E-state index contributed by atoms with van der Waals surface area (Å²) in [5.41, 5.74) is 0.522. The summed E-state index contributed by atoms with van der Waals surface area (Å²) in [6.45, 7) is 76.2. The number of rotatable bonds is 14. The van der Waals surface area contributed by atoms with Gasteiger partial charge in [-0.15, -0.1) is 0 Å². The van der Waals surface area contributed by atoms with Crippen LogP contribution in [0, 0.1) is 88.3 Å². The summed E-state index contributed by atoms with van der Waals surface area (Å²) in [6.07, 6.45) is 13.7. The molecule has 64 heavy (non-hydrogen) atoms. The number of methoxy groups -OCH3 is 1. The van der Waals surface area contributed by atoms with E-state index in [2.05, 4.69) is 228 Å². The van der Waals surface area contributed by atoms with E-state index >= 15 is 0 Å². The second-order valence-electron chi connectivity index (χ2n) is 25.6. The highest BCUT2D eigenvalue weighted by molar-refractivity contribution is 4.81. The molecule has 402 valence electrons. The summed E-state index contributed by atoms with van der Waals surface area (Å²) in [7, 11) is 1.74. The Labute approximate surface area is 415 Å². The Hall–Kier alpha value is -0.0800. The maximum atomic E-state index is 5.14. The first-order valence-electron chi connectivity index (χ1n) is 28.0. The monoisotopic (exact) mass is 919 g/mol. The van der Waals surface area contributed by atoms with Gasteiger partial charge < -0.3 is 9.47 Å². The van der Waals surface area contributed by atoms with Crippen LogP contribution in [0.3, 0.4) is 0 Å². The smallest absolute Gasteiger partial charge is 0.0542 e. The van der Waals surface area contributed by atoms with Crippen LogP contribution in [0.5, 0.6) is 0 Å². The van der Waals surface area contributed by atoms with Crippen LogP contribution in [0.25, 0.3) is 0 Å². The third kappa shape index (κ3) is 152. The van der Waals surface area contributed by atoms with Crippen LogP contribution in [-0.2, 0) is 9.47 Å². The van der Waals surface area contributed by atoms with Crippen molar-refractivity contribution in [1.29, 1.82) is 0 Å². The summed E-state index contributed by atoms with van der Waals surface area (Å²) in [5, 5.41) is 0. The van der Waals surface area contributed by atoms with E-state index < -0.39 is 0 Å². The molecule has 0 atom stereocenters. The van der Waals surface area contributed by atoms with Crippen molar-refractivity contribution in [2.24, 2.45) is 88.3 Å². The van der Waals surface area contributed by atoms with Gasteiger partial charge in [0.15, 0.2) is 0 Å². The molecule has 0 spiro atoms. The maximum Gasteiger partial charge on any atom is 0.0542 e. The zero-order valence-corrected chi connectivity index (χ0v) is 52.6. The molecular weight excluding hydrogens is 777 g/mol. The van der Waals surface area contributed by atoms with Gasteiger partial charge in [0.1, 0.15) is 0 Å². The van der Waals surface area contributed by atoms with Crippen LogP contribution in [-0.4, -0.2) is 26.9 Å². The molecule has 0 unspecified atom stereocenters. The molecule has 0 N–H and O–H groups in total. The van der Waals surface area contributed by atoms with E-state index in [1.807, 2.05) is 0 Å². The standard InChI is InChI=1S/C8H16O.C7H14.C7H16.C6H14O.2C6H14.2C5H12.3C4H10/c1-7(2)4-8(3)5-9-6-8;1-6(2)5-7-3-4-7;1-6(2)5-7(3)4;1-6(2)4-5-7-3;1-5(2)6(3)4;1-4-5-6(2)3;2*1-4-5(2)3;3*1-4(2)3/h7H,4-6H2,1-3H3;6-7H,3-5H2,1-2H3;6-7H,5H2,1-4H3;6H,4-5H2,1-3H3;5-6H,1-4H3;6H,4-5H2,1-3H3;2*5H,4H2,1-3H3;3*4H,1-3H3. The van der Waals surface area contributed by atoms with Crippen molar-refractivity contribution in [3.05, 3.63) is 0 Å². The molecule has 0 radical (unpaired) electrons. The predicted molar refractivity (Wildman–Crippen MR) is 307 cm³/mol. The summed E-state index contributed by atoms with van der Waals surface area (Å²) in [5.74, 6) is 12.3. The van der Waals surface area contributed by atoms with Gasteiger partial charge in [-0.3, -0.25) is 0 Å². The third-order valence-electron chi connectivity index (χ3n) is 8.98. The van der Waals surface area contributed by atoms with Crippen molar-refractivity contribution >= 4 is 0 Å². The van der Waals surface area contributed by atoms with Gasteiger partial charge in [-0.1, -0.05) is 267 Å². The fourth-order valence-corrected chi connectivity index (χ4v) is 4.45. The summed E-state index contributed by atoms with van der Waals surface area (Å²) in [6, 6.07) is 0. The van der Waals surface area contributed by atoms with Crippen LogP contribution in [0.4, 0.5) is 0 Å². The Morgan fingerprint density at radius 3 is 0.781 bits per heavy atom. The van der Waals surface area contributed by atoms with Crippen molar-refractivity contribution in [1.82, 2.24) is 0 Å². The number of ether oxygens (including phenoxy) is 2. The minimum absolute atomic E-state index is 0.522. The van der Waals surface area contributed by atoms with Gasteiger partial charge in [0.05, 0.1) is 13.2 Å².